The Bertz CT molecular complexity index is 1130. The SMILES string of the molecule is CCCCCCCCCC/C=C\CCCCCCCCCCCCCCOCC(COP(=O)([O-])OCC[N+](C)(C)C)OC(=O)CCCCCCCCCCCCCCCCCCCCCCCCCC. The first-order valence-electron chi connectivity index (χ1n) is 30.9. The van der Waals surface area contributed by atoms with Gasteiger partial charge in [-0.25, -0.2) is 0 Å². The fourth-order valence-electron chi connectivity index (χ4n) is 9.31. The van der Waals surface area contributed by atoms with Crippen LogP contribution in [0, 0.1) is 0 Å². The highest BCUT2D eigenvalue weighted by molar-refractivity contribution is 7.45. The van der Waals surface area contributed by atoms with Crippen molar-refractivity contribution in [2.24, 2.45) is 0 Å². The summed E-state index contributed by atoms with van der Waals surface area (Å²) in [5, 5.41) is 0. The van der Waals surface area contributed by atoms with E-state index in [1.807, 2.05) is 21.1 Å². The Morgan fingerprint density at radius 1 is 0.429 bits per heavy atom. The van der Waals surface area contributed by atoms with Crippen LogP contribution >= 0.6 is 7.82 Å². The monoisotopic (exact) mass is 1010 g/mol. The number of nitrogens with zero attached hydrogens (tertiary/aromatic N) is 1. The van der Waals surface area contributed by atoms with Crippen LogP contribution in [0.15, 0.2) is 12.2 Å². The minimum Gasteiger partial charge on any atom is -0.756 e. The molecule has 70 heavy (non-hydrogen) atoms. The number of hydrogen-bond donors (Lipinski definition) is 0. The molecule has 2 unspecified atom stereocenters. The van der Waals surface area contributed by atoms with Crippen molar-refractivity contribution in [3.8, 4) is 0 Å². The molecular weight excluding hydrogens is 890 g/mol. The predicted octanol–water partition coefficient (Wildman–Crippen LogP) is 19.1. The fraction of sp³-hybridized carbons (Fsp3) is 0.951. The zero-order valence-corrected chi connectivity index (χ0v) is 48.6. The average Bonchev–Trinajstić information content (AvgIpc) is 3.32. The molecule has 0 aliphatic carbocycles. The molecule has 0 rings (SSSR count). The van der Waals surface area contributed by atoms with E-state index in [4.69, 9.17) is 18.5 Å². The highest BCUT2D eigenvalue weighted by Crippen LogP contribution is 2.38. The van der Waals surface area contributed by atoms with E-state index in [-0.39, 0.29) is 25.8 Å². The molecule has 0 aromatic carbocycles. The van der Waals surface area contributed by atoms with E-state index < -0.39 is 13.9 Å². The maximum atomic E-state index is 12.8. The number of carbonyl (C=O) groups excluding carboxylic acids is 1. The highest BCUT2D eigenvalue weighted by atomic mass is 31.2. The van der Waals surface area contributed by atoms with E-state index in [9.17, 15) is 14.3 Å². The summed E-state index contributed by atoms with van der Waals surface area (Å²) in [6, 6.07) is 0. The molecule has 9 heteroatoms. The van der Waals surface area contributed by atoms with Crippen LogP contribution in [0.2, 0.25) is 0 Å². The van der Waals surface area contributed by atoms with Crippen LogP contribution in [0.5, 0.6) is 0 Å². The molecule has 0 aliphatic rings. The molecule has 0 fully saturated rings. The lowest BCUT2D eigenvalue weighted by Crippen LogP contribution is -2.37. The number of likely N-dealkylation sites (N-methyl/N-ethyl adjacent to an activating group) is 1. The zero-order valence-electron chi connectivity index (χ0n) is 47.8. The van der Waals surface area contributed by atoms with E-state index in [1.165, 1.54) is 263 Å². The third-order valence-electron chi connectivity index (χ3n) is 14.1. The number of quaternary nitrogens is 1. The van der Waals surface area contributed by atoms with Crippen LogP contribution in [0.1, 0.15) is 316 Å². The average molecular weight is 1010 g/mol. The van der Waals surface area contributed by atoms with Crippen molar-refractivity contribution in [2.45, 2.75) is 322 Å². The van der Waals surface area contributed by atoms with Crippen molar-refractivity contribution < 1.29 is 37.3 Å². The van der Waals surface area contributed by atoms with E-state index in [0.717, 1.165) is 32.1 Å². The van der Waals surface area contributed by atoms with E-state index in [2.05, 4.69) is 26.0 Å². The number of unbranched alkanes of at least 4 members (excludes halogenated alkanes) is 43. The Balaban J connectivity index is 3.99. The van der Waals surface area contributed by atoms with Crippen LogP contribution in [0.25, 0.3) is 0 Å². The topological polar surface area (TPSA) is 94.1 Å². The molecule has 0 heterocycles. The lowest BCUT2D eigenvalue weighted by atomic mass is 10.0. The van der Waals surface area contributed by atoms with Gasteiger partial charge in [0.25, 0.3) is 7.82 Å². The van der Waals surface area contributed by atoms with Crippen LogP contribution in [-0.4, -0.2) is 70.7 Å². The summed E-state index contributed by atoms with van der Waals surface area (Å²) < 4.78 is 34.9. The Kier molecular flexibility index (Phi) is 53.9. The number of hydrogen-bond acceptors (Lipinski definition) is 7. The van der Waals surface area contributed by atoms with E-state index in [0.29, 0.717) is 24.1 Å². The van der Waals surface area contributed by atoms with Gasteiger partial charge in [-0.05, 0) is 38.5 Å². The van der Waals surface area contributed by atoms with Crippen molar-refractivity contribution in [1.82, 2.24) is 0 Å². The van der Waals surface area contributed by atoms with Crippen molar-refractivity contribution >= 4 is 13.8 Å². The van der Waals surface area contributed by atoms with Gasteiger partial charge in [0.15, 0.2) is 0 Å². The number of carbonyl (C=O) groups is 1. The van der Waals surface area contributed by atoms with Gasteiger partial charge in [-0.3, -0.25) is 9.36 Å². The Morgan fingerprint density at radius 2 is 0.743 bits per heavy atom. The van der Waals surface area contributed by atoms with Gasteiger partial charge in [-0.15, -0.1) is 0 Å². The molecule has 0 bridgehead atoms. The van der Waals surface area contributed by atoms with Crippen LogP contribution in [0.4, 0.5) is 0 Å². The maximum absolute atomic E-state index is 12.8. The first kappa shape index (κ1) is 69.2. The second kappa shape index (κ2) is 54.5. The lowest BCUT2D eigenvalue weighted by Gasteiger charge is -2.28. The third-order valence-corrected chi connectivity index (χ3v) is 15.0. The molecule has 0 saturated carbocycles. The van der Waals surface area contributed by atoms with Gasteiger partial charge in [0.1, 0.15) is 19.3 Å². The minimum absolute atomic E-state index is 0.0303. The number of phosphoric acid groups is 1. The largest absolute Gasteiger partial charge is 0.756 e. The van der Waals surface area contributed by atoms with Crippen molar-refractivity contribution in [3.63, 3.8) is 0 Å². The Morgan fingerprint density at radius 3 is 1.09 bits per heavy atom. The summed E-state index contributed by atoms with van der Waals surface area (Å²) in [4.78, 5) is 25.3. The summed E-state index contributed by atoms with van der Waals surface area (Å²) in [5.74, 6) is -0.324. The number of phosphoric ester groups is 1. The molecule has 8 nitrogen and oxygen atoms in total. The summed E-state index contributed by atoms with van der Waals surface area (Å²) in [5.41, 5.74) is 0. The molecular formula is C61H122NO7P. The third kappa shape index (κ3) is 58.1. The Labute approximate surface area is 437 Å². The van der Waals surface area contributed by atoms with E-state index in [1.54, 1.807) is 0 Å². The lowest BCUT2D eigenvalue weighted by molar-refractivity contribution is -0.870. The smallest absolute Gasteiger partial charge is 0.306 e. The number of ether oxygens (including phenoxy) is 2. The summed E-state index contributed by atoms with van der Waals surface area (Å²) in [7, 11) is 1.38. The number of rotatable bonds is 59. The van der Waals surface area contributed by atoms with Gasteiger partial charge < -0.3 is 27.9 Å². The van der Waals surface area contributed by atoms with Gasteiger partial charge >= 0.3 is 5.97 Å². The maximum Gasteiger partial charge on any atom is 0.306 e. The molecule has 0 aliphatic heterocycles. The van der Waals surface area contributed by atoms with Crippen molar-refractivity contribution in [1.29, 1.82) is 0 Å². The second-order valence-electron chi connectivity index (χ2n) is 22.4. The quantitative estimate of drug-likeness (QED) is 0.0197. The minimum atomic E-state index is -4.53. The van der Waals surface area contributed by atoms with Gasteiger partial charge in [0.2, 0.25) is 0 Å². The van der Waals surface area contributed by atoms with Crippen molar-refractivity contribution in [3.05, 3.63) is 12.2 Å². The second-order valence-corrected chi connectivity index (χ2v) is 23.8. The Hall–Kier alpha value is -0.760. The molecule has 0 aromatic rings. The summed E-state index contributed by atoms with van der Waals surface area (Å²) in [6.45, 7) is 5.50. The molecule has 0 amide bonds. The normalized spacial score (nSPS) is 13.4. The fourth-order valence-corrected chi connectivity index (χ4v) is 10.0. The molecule has 0 aromatic heterocycles. The summed E-state index contributed by atoms with van der Waals surface area (Å²) >= 11 is 0. The predicted molar refractivity (Wildman–Crippen MR) is 301 cm³/mol. The first-order chi connectivity index (χ1) is 34.1. The van der Waals surface area contributed by atoms with Crippen LogP contribution in [0.3, 0.4) is 0 Å². The molecule has 418 valence electrons. The van der Waals surface area contributed by atoms with Gasteiger partial charge in [0.05, 0.1) is 34.4 Å². The van der Waals surface area contributed by atoms with Gasteiger partial charge in [-0.1, -0.05) is 283 Å². The van der Waals surface area contributed by atoms with Crippen LogP contribution in [-0.2, 0) is 27.9 Å². The molecule has 0 saturated heterocycles. The molecule has 0 radical (unpaired) electrons. The van der Waals surface area contributed by atoms with E-state index >= 15 is 0 Å². The summed E-state index contributed by atoms with van der Waals surface area (Å²) in [6.07, 6.45) is 65.5. The number of allylic oxidation sites excluding steroid dienone is 2. The standard InChI is InChI=1S/C61H122NO7P/c1-6-8-10-12-14-16-18-20-22-24-26-28-30-32-34-36-38-40-42-44-46-48-50-52-54-61(63)69-60(59-68-70(64,65)67-57-55-62(3,4)5)58-66-56-53-51-49-47-45-43-41-39-37-35-33-31-29-27-25-23-21-19-17-15-13-11-9-7-2/h25,27,60H,6-24,26,28-59H2,1-5H3/b27-25-. The highest BCUT2D eigenvalue weighted by Gasteiger charge is 2.20. The first-order valence-corrected chi connectivity index (χ1v) is 32.4. The number of esters is 1. The van der Waals surface area contributed by atoms with Gasteiger partial charge in [0, 0.05) is 13.0 Å². The zero-order chi connectivity index (χ0) is 51.2. The molecule has 2 atom stereocenters. The van der Waals surface area contributed by atoms with Crippen LogP contribution < -0.4 is 4.89 Å². The van der Waals surface area contributed by atoms with Crippen molar-refractivity contribution in [2.75, 3.05) is 54.1 Å². The molecule has 0 spiro atoms. The van der Waals surface area contributed by atoms with Gasteiger partial charge in [-0.2, -0.15) is 0 Å². The molecule has 0 N–H and O–H groups in total.